The molecule has 20 heavy (non-hydrogen) atoms. The van der Waals surface area contributed by atoms with Crippen molar-refractivity contribution >= 4 is 10.0 Å². The van der Waals surface area contributed by atoms with Crippen molar-refractivity contribution in [1.29, 1.82) is 0 Å². The van der Waals surface area contributed by atoms with Gasteiger partial charge in [0.15, 0.2) is 0 Å². The van der Waals surface area contributed by atoms with Crippen molar-refractivity contribution in [2.75, 3.05) is 13.1 Å². The van der Waals surface area contributed by atoms with Crippen LogP contribution in [0.2, 0.25) is 0 Å². The lowest BCUT2D eigenvalue weighted by Crippen LogP contribution is -2.45. The molecule has 2 aliphatic heterocycles. The van der Waals surface area contributed by atoms with Gasteiger partial charge in [0.05, 0.1) is 23.7 Å². The number of aliphatic hydroxyl groups excluding tert-OH is 1. The van der Waals surface area contributed by atoms with Crippen molar-refractivity contribution in [2.45, 2.75) is 36.6 Å². The van der Waals surface area contributed by atoms with Crippen LogP contribution in [-0.4, -0.2) is 43.1 Å². The lowest BCUT2D eigenvalue weighted by Gasteiger charge is -2.31. The van der Waals surface area contributed by atoms with E-state index in [1.54, 1.807) is 0 Å². The second-order valence-corrected chi connectivity index (χ2v) is 7.13. The van der Waals surface area contributed by atoms with Crippen LogP contribution in [-0.2, 0) is 21.4 Å². The average molecular weight is 301 g/mol. The van der Waals surface area contributed by atoms with Gasteiger partial charge in [0.2, 0.25) is 10.0 Å². The summed E-state index contributed by atoms with van der Waals surface area (Å²) in [6.45, 7) is 0.152. The Bertz CT molecular complexity index is 607. The summed E-state index contributed by atoms with van der Waals surface area (Å²) in [5, 5.41) is 9.04. The summed E-state index contributed by atoms with van der Waals surface area (Å²) in [5.74, 6) is -0.603. The van der Waals surface area contributed by atoms with Gasteiger partial charge in [-0.05, 0) is 31.0 Å². The fourth-order valence-corrected chi connectivity index (χ4v) is 4.31. The standard InChI is InChI=1S/C13H16FNO4S/c14-13-4-3-12(5-9(13)8-16)20(17,18)15-6-10-1-2-11(7-15)19-10/h3-5,10-11,16H,1-2,6-8H2. The number of morpholine rings is 1. The third kappa shape index (κ3) is 2.35. The molecular weight excluding hydrogens is 285 g/mol. The van der Waals surface area contributed by atoms with Crippen molar-refractivity contribution in [3.05, 3.63) is 29.6 Å². The minimum Gasteiger partial charge on any atom is -0.392 e. The SMILES string of the molecule is O=S(=O)(c1ccc(F)c(CO)c1)N1CC2CCC(C1)O2. The molecule has 0 spiro atoms. The first-order chi connectivity index (χ1) is 9.50. The van der Waals surface area contributed by atoms with Crippen molar-refractivity contribution in [2.24, 2.45) is 0 Å². The summed E-state index contributed by atoms with van der Waals surface area (Å²) in [5.41, 5.74) is -0.0118. The van der Waals surface area contributed by atoms with Crippen LogP contribution in [0.15, 0.2) is 23.1 Å². The summed E-state index contributed by atoms with van der Waals surface area (Å²) in [6.07, 6.45) is 1.67. The number of rotatable bonds is 3. The van der Waals surface area contributed by atoms with E-state index < -0.39 is 22.4 Å². The maximum absolute atomic E-state index is 13.3. The van der Waals surface area contributed by atoms with Gasteiger partial charge in [-0.3, -0.25) is 0 Å². The van der Waals surface area contributed by atoms with Crippen LogP contribution < -0.4 is 0 Å². The van der Waals surface area contributed by atoms with E-state index in [1.165, 1.54) is 16.4 Å². The highest BCUT2D eigenvalue weighted by Crippen LogP contribution is 2.30. The van der Waals surface area contributed by atoms with E-state index in [2.05, 4.69) is 0 Å². The molecule has 0 amide bonds. The summed E-state index contributed by atoms with van der Waals surface area (Å²) in [4.78, 5) is 0.0178. The summed E-state index contributed by atoms with van der Waals surface area (Å²) in [6, 6.07) is 3.51. The minimum absolute atomic E-state index is 0.0118. The predicted molar refractivity (Wildman–Crippen MR) is 69.0 cm³/mol. The molecule has 2 bridgehead atoms. The van der Waals surface area contributed by atoms with Crippen LogP contribution in [0.5, 0.6) is 0 Å². The normalized spacial score (nSPS) is 26.9. The molecule has 0 radical (unpaired) electrons. The Kier molecular flexibility index (Phi) is 3.53. The monoisotopic (exact) mass is 301 g/mol. The van der Waals surface area contributed by atoms with E-state index >= 15 is 0 Å². The molecule has 1 aromatic carbocycles. The average Bonchev–Trinajstić information content (AvgIpc) is 2.77. The zero-order chi connectivity index (χ0) is 14.3. The molecule has 1 aromatic rings. The summed E-state index contributed by atoms with van der Waals surface area (Å²) >= 11 is 0. The maximum atomic E-state index is 13.3. The van der Waals surface area contributed by atoms with Gasteiger partial charge in [-0.2, -0.15) is 4.31 Å². The number of benzene rings is 1. The number of aliphatic hydroxyl groups is 1. The number of hydrogen-bond donors (Lipinski definition) is 1. The molecule has 0 saturated carbocycles. The number of hydrogen-bond acceptors (Lipinski definition) is 4. The molecule has 2 atom stereocenters. The van der Waals surface area contributed by atoms with Gasteiger partial charge in [-0.15, -0.1) is 0 Å². The molecule has 2 saturated heterocycles. The first-order valence-corrected chi connectivity index (χ1v) is 7.99. The lowest BCUT2D eigenvalue weighted by atomic mass is 10.2. The number of nitrogens with zero attached hydrogens (tertiary/aromatic N) is 1. The fraction of sp³-hybridized carbons (Fsp3) is 0.538. The number of ether oxygens (including phenoxy) is 1. The zero-order valence-electron chi connectivity index (χ0n) is 10.8. The van der Waals surface area contributed by atoms with Gasteiger partial charge in [-0.25, -0.2) is 12.8 Å². The molecule has 7 heteroatoms. The van der Waals surface area contributed by atoms with Gasteiger partial charge >= 0.3 is 0 Å². The van der Waals surface area contributed by atoms with E-state index in [0.717, 1.165) is 18.9 Å². The molecule has 2 heterocycles. The molecule has 3 rings (SSSR count). The second kappa shape index (κ2) is 5.07. The predicted octanol–water partition coefficient (Wildman–Crippen LogP) is 0.870. The Morgan fingerprint density at radius 3 is 2.55 bits per heavy atom. The van der Waals surface area contributed by atoms with Gasteiger partial charge in [-0.1, -0.05) is 0 Å². The van der Waals surface area contributed by atoms with Crippen LogP contribution in [0.4, 0.5) is 4.39 Å². The number of fused-ring (bicyclic) bond motifs is 2. The highest BCUT2D eigenvalue weighted by molar-refractivity contribution is 7.89. The molecule has 0 aliphatic carbocycles. The maximum Gasteiger partial charge on any atom is 0.243 e. The topological polar surface area (TPSA) is 66.8 Å². The minimum atomic E-state index is -3.66. The largest absolute Gasteiger partial charge is 0.392 e. The van der Waals surface area contributed by atoms with E-state index in [-0.39, 0.29) is 22.7 Å². The lowest BCUT2D eigenvalue weighted by molar-refractivity contribution is -0.0114. The van der Waals surface area contributed by atoms with Crippen LogP contribution >= 0.6 is 0 Å². The van der Waals surface area contributed by atoms with Crippen LogP contribution in [0, 0.1) is 5.82 Å². The molecule has 5 nitrogen and oxygen atoms in total. The van der Waals surface area contributed by atoms with Gasteiger partial charge in [0, 0.05) is 18.7 Å². The zero-order valence-corrected chi connectivity index (χ0v) is 11.6. The Balaban J connectivity index is 1.92. The smallest absolute Gasteiger partial charge is 0.243 e. The Hall–Kier alpha value is -1.02. The summed E-state index contributed by atoms with van der Waals surface area (Å²) < 4.78 is 45.5. The molecule has 2 aliphatic rings. The van der Waals surface area contributed by atoms with Crippen LogP contribution in [0.1, 0.15) is 18.4 Å². The number of sulfonamides is 1. The van der Waals surface area contributed by atoms with Gasteiger partial charge in [0.1, 0.15) is 5.82 Å². The van der Waals surface area contributed by atoms with Crippen molar-refractivity contribution in [3.8, 4) is 0 Å². The Morgan fingerprint density at radius 1 is 1.30 bits per heavy atom. The van der Waals surface area contributed by atoms with E-state index in [4.69, 9.17) is 9.84 Å². The quantitative estimate of drug-likeness (QED) is 0.899. The Labute approximate surface area is 117 Å². The van der Waals surface area contributed by atoms with Crippen molar-refractivity contribution < 1.29 is 22.7 Å². The van der Waals surface area contributed by atoms with E-state index in [0.29, 0.717) is 13.1 Å². The highest BCUT2D eigenvalue weighted by Gasteiger charge is 2.39. The van der Waals surface area contributed by atoms with Crippen molar-refractivity contribution in [1.82, 2.24) is 4.31 Å². The number of halogens is 1. The fourth-order valence-electron chi connectivity index (χ4n) is 2.76. The van der Waals surface area contributed by atoms with E-state index in [1.807, 2.05) is 0 Å². The van der Waals surface area contributed by atoms with Crippen LogP contribution in [0.3, 0.4) is 0 Å². The van der Waals surface area contributed by atoms with Crippen LogP contribution in [0.25, 0.3) is 0 Å². The first kappa shape index (κ1) is 13.9. The first-order valence-electron chi connectivity index (χ1n) is 6.55. The molecule has 2 fully saturated rings. The van der Waals surface area contributed by atoms with Crippen molar-refractivity contribution in [3.63, 3.8) is 0 Å². The van der Waals surface area contributed by atoms with E-state index in [9.17, 15) is 12.8 Å². The Morgan fingerprint density at radius 2 is 1.95 bits per heavy atom. The highest BCUT2D eigenvalue weighted by atomic mass is 32.2. The third-order valence-electron chi connectivity index (χ3n) is 3.84. The van der Waals surface area contributed by atoms with Gasteiger partial charge < -0.3 is 9.84 Å². The van der Waals surface area contributed by atoms with Gasteiger partial charge in [0.25, 0.3) is 0 Å². The third-order valence-corrected chi connectivity index (χ3v) is 5.66. The molecule has 1 N–H and O–H groups in total. The molecule has 0 aromatic heterocycles. The molecule has 110 valence electrons. The molecule has 2 unspecified atom stereocenters. The molecular formula is C13H16FNO4S. The summed E-state index contributed by atoms with van der Waals surface area (Å²) in [7, 11) is -3.66. The second-order valence-electron chi connectivity index (χ2n) is 5.19.